The van der Waals surface area contributed by atoms with Gasteiger partial charge in [0.05, 0.1) is 6.61 Å². The van der Waals surface area contributed by atoms with Crippen LogP contribution in [0, 0.1) is 6.92 Å². The van der Waals surface area contributed by atoms with Gasteiger partial charge >= 0.3 is 0 Å². The summed E-state index contributed by atoms with van der Waals surface area (Å²) in [5, 5.41) is 12.4. The molecule has 1 aliphatic rings. The van der Waals surface area contributed by atoms with Crippen LogP contribution in [-0.4, -0.2) is 18.3 Å². The molecule has 0 aliphatic carbocycles. The van der Waals surface area contributed by atoms with Gasteiger partial charge in [0.2, 0.25) is 0 Å². The van der Waals surface area contributed by atoms with E-state index in [1.54, 1.807) is 0 Å². The summed E-state index contributed by atoms with van der Waals surface area (Å²) in [7, 11) is 0. The molecule has 2 heteroatoms. The molecule has 2 N–H and O–H groups in total. The van der Waals surface area contributed by atoms with Crippen molar-refractivity contribution in [1.29, 1.82) is 0 Å². The van der Waals surface area contributed by atoms with Crippen LogP contribution >= 0.6 is 0 Å². The maximum atomic E-state index is 9.06. The second-order valence-electron chi connectivity index (χ2n) is 3.30. The van der Waals surface area contributed by atoms with Crippen molar-refractivity contribution in [3.8, 4) is 0 Å². The van der Waals surface area contributed by atoms with Crippen LogP contribution in [0.1, 0.15) is 17.0 Å². The lowest BCUT2D eigenvalue weighted by molar-refractivity contribution is 0.273. The van der Waals surface area contributed by atoms with Crippen molar-refractivity contribution in [3.63, 3.8) is 0 Å². The molecule has 0 aromatic heterocycles. The molecule has 0 fully saturated rings. The third kappa shape index (κ3) is 0.994. The van der Waals surface area contributed by atoms with Crippen LogP contribution in [0.25, 0.3) is 0 Å². The predicted octanol–water partition coefficient (Wildman–Crippen LogP) is 1.50. The van der Waals surface area contributed by atoms with E-state index < -0.39 is 0 Å². The molecule has 12 heavy (non-hydrogen) atoms. The zero-order chi connectivity index (χ0) is 8.55. The molecule has 1 aromatic rings. The maximum Gasteiger partial charge on any atom is 0.0517 e. The van der Waals surface area contributed by atoms with Crippen molar-refractivity contribution in [2.24, 2.45) is 0 Å². The average Bonchev–Trinajstić information content (AvgIpc) is 2.49. The zero-order valence-corrected chi connectivity index (χ0v) is 7.17. The number of benzene rings is 1. The first-order chi connectivity index (χ1) is 5.83. The van der Waals surface area contributed by atoms with Gasteiger partial charge in [-0.05, 0) is 18.1 Å². The number of aliphatic hydroxyl groups excluding tert-OH is 1. The topological polar surface area (TPSA) is 32.3 Å². The smallest absolute Gasteiger partial charge is 0.0517 e. The van der Waals surface area contributed by atoms with Crippen LogP contribution < -0.4 is 5.32 Å². The zero-order valence-electron chi connectivity index (χ0n) is 7.17. The molecule has 1 heterocycles. The van der Waals surface area contributed by atoms with E-state index in [0.717, 1.165) is 6.54 Å². The van der Waals surface area contributed by atoms with E-state index in [-0.39, 0.29) is 6.61 Å². The highest BCUT2D eigenvalue weighted by molar-refractivity contribution is 5.62. The highest BCUT2D eigenvalue weighted by Gasteiger charge is 2.21. The summed E-state index contributed by atoms with van der Waals surface area (Å²) >= 11 is 0. The summed E-state index contributed by atoms with van der Waals surface area (Å²) in [6, 6.07) is 6.22. The Labute approximate surface area is 72.2 Å². The number of para-hydroxylation sites is 1. The van der Waals surface area contributed by atoms with Crippen molar-refractivity contribution >= 4 is 5.69 Å². The number of aryl methyl sites for hydroxylation is 1. The van der Waals surface area contributed by atoms with Crippen molar-refractivity contribution in [1.82, 2.24) is 0 Å². The molecule has 0 saturated carbocycles. The average molecular weight is 163 g/mol. The third-order valence-electron chi connectivity index (χ3n) is 2.49. The first-order valence-corrected chi connectivity index (χ1v) is 4.27. The number of anilines is 1. The summed E-state index contributed by atoms with van der Waals surface area (Å²) in [5.74, 6) is 0.292. The summed E-state index contributed by atoms with van der Waals surface area (Å²) in [5.41, 5.74) is 3.75. The first-order valence-electron chi connectivity index (χ1n) is 4.27. The first kappa shape index (κ1) is 7.62. The summed E-state index contributed by atoms with van der Waals surface area (Å²) in [6.07, 6.45) is 0. The molecule has 64 valence electrons. The molecular weight excluding hydrogens is 150 g/mol. The lowest BCUT2D eigenvalue weighted by atomic mass is 10.0. The lowest BCUT2D eigenvalue weighted by Gasteiger charge is -2.05. The minimum atomic E-state index is 0.240. The quantitative estimate of drug-likeness (QED) is 0.657. The van der Waals surface area contributed by atoms with E-state index in [9.17, 15) is 0 Å². The normalized spacial score (nSPS) is 20.3. The monoisotopic (exact) mass is 163 g/mol. The molecule has 1 aromatic carbocycles. The largest absolute Gasteiger partial charge is 0.396 e. The second kappa shape index (κ2) is 2.79. The van der Waals surface area contributed by atoms with E-state index in [0.29, 0.717) is 5.92 Å². The van der Waals surface area contributed by atoms with Gasteiger partial charge in [0.1, 0.15) is 0 Å². The van der Waals surface area contributed by atoms with Gasteiger partial charge in [-0.25, -0.2) is 0 Å². The molecular formula is C10H13NO. The van der Waals surface area contributed by atoms with Crippen LogP contribution in [0.15, 0.2) is 18.2 Å². The van der Waals surface area contributed by atoms with Crippen LogP contribution in [0.5, 0.6) is 0 Å². The molecule has 0 spiro atoms. The molecule has 1 aliphatic heterocycles. The fourth-order valence-corrected chi connectivity index (χ4v) is 1.77. The van der Waals surface area contributed by atoms with Gasteiger partial charge in [0, 0.05) is 18.2 Å². The summed E-state index contributed by atoms with van der Waals surface area (Å²) in [6.45, 7) is 3.20. The Kier molecular flexibility index (Phi) is 1.77. The molecule has 0 bridgehead atoms. The third-order valence-corrected chi connectivity index (χ3v) is 2.49. The van der Waals surface area contributed by atoms with Gasteiger partial charge in [-0.2, -0.15) is 0 Å². The highest BCUT2D eigenvalue weighted by Crippen LogP contribution is 2.33. The standard InChI is InChI=1S/C10H13NO/c1-7-3-2-4-9-8(6-12)5-11-10(7)9/h2-4,8,11-12H,5-6H2,1H3. The van der Waals surface area contributed by atoms with Gasteiger partial charge in [-0.1, -0.05) is 18.2 Å². The molecule has 1 unspecified atom stereocenters. The van der Waals surface area contributed by atoms with E-state index in [1.165, 1.54) is 16.8 Å². The van der Waals surface area contributed by atoms with Crippen LogP contribution in [0.3, 0.4) is 0 Å². The molecule has 2 nitrogen and oxygen atoms in total. The molecule has 0 amide bonds. The van der Waals surface area contributed by atoms with Gasteiger partial charge < -0.3 is 10.4 Å². The Morgan fingerprint density at radius 1 is 1.58 bits per heavy atom. The van der Waals surface area contributed by atoms with Crippen molar-refractivity contribution in [3.05, 3.63) is 29.3 Å². The number of fused-ring (bicyclic) bond motifs is 1. The van der Waals surface area contributed by atoms with E-state index >= 15 is 0 Å². The van der Waals surface area contributed by atoms with Gasteiger partial charge in [-0.3, -0.25) is 0 Å². The van der Waals surface area contributed by atoms with E-state index in [1.807, 2.05) is 6.07 Å². The van der Waals surface area contributed by atoms with Crippen LogP contribution in [0.2, 0.25) is 0 Å². The Balaban J connectivity index is 2.46. The highest BCUT2D eigenvalue weighted by atomic mass is 16.3. The Morgan fingerprint density at radius 3 is 3.17 bits per heavy atom. The number of nitrogens with one attached hydrogen (secondary N) is 1. The number of rotatable bonds is 1. The Morgan fingerprint density at radius 2 is 2.42 bits per heavy atom. The van der Waals surface area contributed by atoms with Gasteiger partial charge in [0.25, 0.3) is 0 Å². The summed E-state index contributed by atoms with van der Waals surface area (Å²) < 4.78 is 0. The fourth-order valence-electron chi connectivity index (χ4n) is 1.77. The van der Waals surface area contributed by atoms with E-state index in [4.69, 9.17) is 5.11 Å². The maximum absolute atomic E-state index is 9.06. The van der Waals surface area contributed by atoms with Gasteiger partial charge in [0.15, 0.2) is 0 Å². The van der Waals surface area contributed by atoms with Crippen LogP contribution in [-0.2, 0) is 0 Å². The molecule has 1 atom stereocenters. The molecule has 0 saturated heterocycles. The van der Waals surface area contributed by atoms with Crippen molar-refractivity contribution in [2.75, 3.05) is 18.5 Å². The Bertz CT molecular complexity index is 296. The molecule has 2 rings (SSSR count). The van der Waals surface area contributed by atoms with Crippen molar-refractivity contribution in [2.45, 2.75) is 12.8 Å². The van der Waals surface area contributed by atoms with Gasteiger partial charge in [-0.15, -0.1) is 0 Å². The predicted molar refractivity (Wildman–Crippen MR) is 49.5 cm³/mol. The SMILES string of the molecule is Cc1cccc2c1NCC2CO. The lowest BCUT2D eigenvalue weighted by Crippen LogP contribution is -2.05. The fraction of sp³-hybridized carbons (Fsp3) is 0.400. The number of hydrogen-bond donors (Lipinski definition) is 2. The minimum Gasteiger partial charge on any atom is -0.396 e. The number of hydrogen-bond acceptors (Lipinski definition) is 2. The van der Waals surface area contributed by atoms with Crippen molar-refractivity contribution < 1.29 is 5.11 Å². The summed E-state index contributed by atoms with van der Waals surface area (Å²) in [4.78, 5) is 0. The van der Waals surface area contributed by atoms with E-state index in [2.05, 4.69) is 24.4 Å². The number of aliphatic hydroxyl groups is 1. The second-order valence-corrected chi connectivity index (χ2v) is 3.30. The Hall–Kier alpha value is -1.02. The molecule has 0 radical (unpaired) electrons. The van der Waals surface area contributed by atoms with Crippen LogP contribution in [0.4, 0.5) is 5.69 Å². The minimum absolute atomic E-state index is 0.240.